The molecule has 0 saturated carbocycles. The van der Waals surface area contributed by atoms with Crippen LogP contribution >= 0.6 is 0 Å². The fourth-order valence-corrected chi connectivity index (χ4v) is 3.83. The van der Waals surface area contributed by atoms with Crippen molar-refractivity contribution in [2.75, 3.05) is 6.54 Å². The van der Waals surface area contributed by atoms with Crippen LogP contribution in [0.25, 0.3) is 11.0 Å². The zero-order valence-electron chi connectivity index (χ0n) is 12.1. The highest BCUT2D eigenvalue weighted by Crippen LogP contribution is 2.20. The molecule has 0 aliphatic heterocycles. The molecule has 0 aliphatic rings. The summed E-state index contributed by atoms with van der Waals surface area (Å²) in [7, 11) is -3.70. The fourth-order valence-electron chi connectivity index (χ4n) is 2.25. The van der Waals surface area contributed by atoms with Crippen molar-refractivity contribution in [3.8, 4) is 0 Å². The number of sulfonamides is 1. The van der Waals surface area contributed by atoms with Gasteiger partial charge in [-0.15, -0.1) is 0 Å². The smallest absolute Gasteiger partial charge is 0.323 e. The highest BCUT2D eigenvalue weighted by Gasteiger charge is 2.30. The zero-order valence-corrected chi connectivity index (χ0v) is 12.9. The van der Waals surface area contributed by atoms with Crippen LogP contribution in [-0.4, -0.2) is 30.5 Å². The number of rotatable bonds is 6. The average Bonchev–Trinajstić information content (AvgIpc) is 2.84. The number of nitrogens with one attached hydrogen (secondary N) is 3. The second-order valence-corrected chi connectivity index (χ2v) is 6.77. The number of H-pyrrole nitrogens is 2. The maximum Gasteiger partial charge on any atom is 0.323 e. The minimum atomic E-state index is -3.70. The molecule has 116 valence electrons. The molecule has 1 aromatic heterocycles. The van der Waals surface area contributed by atoms with Gasteiger partial charge in [0.15, 0.2) is 0 Å². The molecule has 0 fully saturated rings. The lowest BCUT2D eigenvalue weighted by Gasteiger charge is -2.30. The van der Waals surface area contributed by atoms with Crippen LogP contribution in [0.4, 0.5) is 0 Å². The highest BCUT2D eigenvalue weighted by molar-refractivity contribution is 7.89. The number of imidazole rings is 1. The molecule has 0 aliphatic carbocycles. The minimum absolute atomic E-state index is 0.102. The van der Waals surface area contributed by atoms with Crippen molar-refractivity contribution in [1.82, 2.24) is 14.7 Å². The monoisotopic (exact) mass is 312 g/mol. The molecule has 5 N–H and O–H groups in total. The minimum Gasteiger partial charge on any atom is -0.329 e. The van der Waals surface area contributed by atoms with E-state index in [1.54, 1.807) is 6.07 Å². The normalized spacial score (nSPS) is 12.9. The van der Waals surface area contributed by atoms with Gasteiger partial charge in [0.1, 0.15) is 0 Å². The number of aromatic amines is 2. The number of hydrogen-bond acceptors (Lipinski definition) is 4. The fraction of sp³-hybridized carbons (Fsp3) is 0.462. The van der Waals surface area contributed by atoms with E-state index in [4.69, 9.17) is 5.73 Å². The summed E-state index contributed by atoms with van der Waals surface area (Å²) in [5.74, 6) is 0. The summed E-state index contributed by atoms with van der Waals surface area (Å²) < 4.78 is 27.7. The van der Waals surface area contributed by atoms with E-state index in [9.17, 15) is 13.2 Å². The van der Waals surface area contributed by atoms with E-state index in [1.807, 2.05) is 13.8 Å². The first-order chi connectivity index (χ1) is 9.85. The van der Waals surface area contributed by atoms with Crippen LogP contribution < -0.4 is 16.1 Å². The summed E-state index contributed by atoms with van der Waals surface area (Å²) in [6.45, 7) is 4.01. The summed E-state index contributed by atoms with van der Waals surface area (Å²) in [6, 6.07) is 4.45. The van der Waals surface area contributed by atoms with Crippen LogP contribution in [0.1, 0.15) is 26.7 Å². The van der Waals surface area contributed by atoms with Crippen molar-refractivity contribution < 1.29 is 8.42 Å². The van der Waals surface area contributed by atoms with Gasteiger partial charge in [0.25, 0.3) is 0 Å². The van der Waals surface area contributed by atoms with Gasteiger partial charge < -0.3 is 15.7 Å². The molecule has 0 bridgehead atoms. The lowest BCUT2D eigenvalue weighted by atomic mass is 9.95. The summed E-state index contributed by atoms with van der Waals surface area (Å²) in [6.07, 6.45) is 1.20. The van der Waals surface area contributed by atoms with Crippen molar-refractivity contribution in [3.63, 3.8) is 0 Å². The Balaban J connectivity index is 2.43. The molecule has 0 saturated heterocycles. The zero-order chi connectivity index (χ0) is 15.7. The van der Waals surface area contributed by atoms with E-state index in [0.717, 1.165) is 0 Å². The predicted octanol–water partition coefficient (Wildman–Crippen LogP) is 0.652. The van der Waals surface area contributed by atoms with Crippen molar-refractivity contribution in [1.29, 1.82) is 0 Å². The molecule has 1 aromatic carbocycles. The third kappa shape index (κ3) is 3.02. The molecular formula is C13H20N4O3S. The Kier molecular flexibility index (Phi) is 4.22. The van der Waals surface area contributed by atoms with E-state index >= 15 is 0 Å². The molecule has 21 heavy (non-hydrogen) atoms. The topological polar surface area (TPSA) is 121 Å². The second-order valence-electron chi connectivity index (χ2n) is 5.08. The Labute approximate surface area is 123 Å². The molecule has 0 unspecified atom stereocenters. The summed E-state index contributed by atoms with van der Waals surface area (Å²) in [5.41, 5.74) is 5.72. The Morgan fingerprint density at radius 2 is 1.81 bits per heavy atom. The SMILES string of the molecule is CCC(CC)(CN)NS(=O)(=O)c1ccc2[nH]c(=O)[nH]c2c1. The molecule has 0 radical (unpaired) electrons. The van der Waals surface area contributed by atoms with Crippen molar-refractivity contribution in [2.45, 2.75) is 37.1 Å². The Bertz CT molecular complexity index is 779. The van der Waals surface area contributed by atoms with Crippen molar-refractivity contribution in [2.24, 2.45) is 5.73 Å². The largest absolute Gasteiger partial charge is 0.329 e. The van der Waals surface area contributed by atoms with Crippen LogP contribution in [0, 0.1) is 0 Å². The van der Waals surface area contributed by atoms with Gasteiger partial charge in [0.2, 0.25) is 10.0 Å². The van der Waals surface area contributed by atoms with E-state index in [0.29, 0.717) is 23.9 Å². The average molecular weight is 312 g/mol. The second kappa shape index (κ2) is 5.63. The third-order valence-corrected chi connectivity index (χ3v) is 5.47. The number of fused-ring (bicyclic) bond motifs is 1. The number of benzene rings is 1. The molecule has 0 amide bonds. The Hall–Kier alpha value is -1.64. The standard InChI is InChI=1S/C13H20N4O3S/c1-3-13(4-2,8-14)17-21(19,20)9-5-6-10-11(7-9)16-12(18)15-10/h5-7,17H,3-4,8,14H2,1-2H3,(H2,15,16,18). The van der Waals surface area contributed by atoms with Crippen LogP contribution in [0.15, 0.2) is 27.9 Å². The Morgan fingerprint density at radius 1 is 1.19 bits per heavy atom. The summed E-state index contributed by atoms with van der Waals surface area (Å²) >= 11 is 0. The first kappa shape index (κ1) is 15.7. The molecule has 2 rings (SSSR count). The Morgan fingerprint density at radius 3 is 2.38 bits per heavy atom. The van der Waals surface area contributed by atoms with Crippen LogP contribution in [0.3, 0.4) is 0 Å². The molecular weight excluding hydrogens is 292 g/mol. The molecule has 1 heterocycles. The lowest BCUT2D eigenvalue weighted by Crippen LogP contribution is -2.52. The van der Waals surface area contributed by atoms with Crippen LogP contribution in [-0.2, 0) is 10.0 Å². The quantitative estimate of drug-likeness (QED) is 0.626. The maximum absolute atomic E-state index is 12.5. The van der Waals surface area contributed by atoms with Gasteiger partial charge in [-0.05, 0) is 31.0 Å². The van der Waals surface area contributed by atoms with Gasteiger partial charge in [0, 0.05) is 12.1 Å². The molecule has 8 heteroatoms. The van der Waals surface area contributed by atoms with E-state index in [1.165, 1.54) is 12.1 Å². The molecule has 7 nitrogen and oxygen atoms in total. The maximum atomic E-state index is 12.5. The number of nitrogens with two attached hydrogens (primary N) is 1. The molecule has 0 atom stereocenters. The van der Waals surface area contributed by atoms with E-state index in [2.05, 4.69) is 14.7 Å². The van der Waals surface area contributed by atoms with E-state index in [-0.39, 0.29) is 17.1 Å². The van der Waals surface area contributed by atoms with Gasteiger partial charge in [-0.2, -0.15) is 0 Å². The van der Waals surface area contributed by atoms with Crippen molar-refractivity contribution >= 4 is 21.1 Å². The molecule has 2 aromatic rings. The summed E-state index contributed by atoms with van der Waals surface area (Å²) in [4.78, 5) is 16.4. The first-order valence-corrected chi connectivity index (χ1v) is 8.30. The van der Waals surface area contributed by atoms with Gasteiger partial charge in [-0.25, -0.2) is 17.9 Å². The molecule has 0 spiro atoms. The number of hydrogen-bond donors (Lipinski definition) is 4. The number of aromatic nitrogens is 2. The third-order valence-electron chi connectivity index (χ3n) is 3.89. The predicted molar refractivity (Wildman–Crippen MR) is 81.6 cm³/mol. The van der Waals surface area contributed by atoms with Crippen molar-refractivity contribution in [3.05, 3.63) is 28.7 Å². The summed E-state index contributed by atoms with van der Waals surface area (Å²) in [5, 5.41) is 0. The lowest BCUT2D eigenvalue weighted by molar-refractivity contribution is 0.363. The van der Waals surface area contributed by atoms with Gasteiger partial charge in [0.05, 0.1) is 15.9 Å². The van der Waals surface area contributed by atoms with E-state index < -0.39 is 15.6 Å². The van der Waals surface area contributed by atoms with Crippen LogP contribution in [0.2, 0.25) is 0 Å². The van der Waals surface area contributed by atoms with Gasteiger partial charge in [-0.1, -0.05) is 13.8 Å². The van der Waals surface area contributed by atoms with Gasteiger partial charge in [-0.3, -0.25) is 0 Å². The highest BCUT2D eigenvalue weighted by atomic mass is 32.2. The van der Waals surface area contributed by atoms with Gasteiger partial charge >= 0.3 is 5.69 Å². The van der Waals surface area contributed by atoms with Crippen LogP contribution in [0.5, 0.6) is 0 Å². The first-order valence-electron chi connectivity index (χ1n) is 6.82.